The Hall–Kier alpha value is -2.19. The Bertz CT molecular complexity index is 1190. The van der Waals surface area contributed by atoms with E-state index >= 15 is 0 Å². The Kier molecular flexibility index (Phi) is 5.74. The molecule has 3 aromatic rings. The maximum absolute atomic E-state index is 13.3. The number of halogens is 1. The van der Waals surface area contributed by atoms with Crippen molar-refractivity contribution >= 4 is 32.4 Å². The maximum Gasteiger partial charge on any atom is 0.258 e. The molecule has 1 aliphatic rings. The standard InChI is InChI=1S/C21H22ClN3O3S/c22-18-15-24(14-16-6-2-1-3-7-16)21(26)17-8-4-9-19(20(17)18)29(27,28)25-12-5-10-23-11-13-25/h1-4,6-9,15,23H,5,10-14H2. The van der Waals surface area contributed by atoms with E-state index in [4.69, 9.17) is 11.6 Å². The van der Waals surface area contributed by atoms with Gasteiger partial charge in [-0.2, -0.15) is 4.31 Å². The molecular formula is C21H22ClN3O3S. The van der Waals surface area contributed by atoms with Crippen molar-refractivity contribution in [3.63, 3.8) is 0 Å². The molecule has 0 unspecified atom stereocenters. The number of sulfonamides is 1. The van der Waals surface area contributed by atoms with Crippen LogP contribution in [-0.2, 0) is 16.6 Å². The highest BCUT2D eigenvalue weighted by atomic mass is 35.5. The number of fused-ring (bicyclic) bond motifs is 1. The molecule has 152 valence electrons. The van der Waals surface area contributed by atoms with Gasteiger partial charge in [-0.25, -0.2) is 8.42 Å². The summed E-state index contributed by atoms with van der Waals surface area (Å²) < 4.78 is 29.6. The molecule has 0 spiro atoms. The zero-order chi connectivity index (χ0) is 20.4. The molecule has 0 bridgehead atoms. The van der Waals surface area contributed by atoms with Crippen LogP contribution in [0.3, 0.4) is 0 Å². The summed E-state index contributed by atoms with van der Waals surface area (Å²) in [5.74, 6) is 0. The van der Waals surface area contributed by atoms with Crippen molar-refractivity contribution in [3.8, 4) is 0 Å². The Morgan fingerprint density at radius 3 is 2.59 bits per heavy atom. The van der Waals surface area contributed by atoms with Gasteiger partial charge >= 0.3 is 0 Å². The number of nitrogens with zero attached hydrogens (tertiary/aromatic N) is 2. The molecule has 1 fully saturated rings. The van der Waals surface area contributed by atoms with Gasteiger partial charge in [-0.15, -0.1) is 0 Å². The van der Waals surface area contributed by atoms with Crippen LogP contribution in [0.5, 0.6) is 0 Å². The summed E-state index contributed by atoms with van der Waals surface area (Å²) in [5, 5.41) is 4.06. The van der Waals surface area contributed by atoms with Gasteiger partial charge < -0.3 is 9.88 Å². The lowest BCUT2D eigenvalue weighted by atomic mass is 10.1. The second kappa shape index (κ2) is 8.28. The summed E-state index contributed by atoms with van der Waals surface area (Å²) in [6, 6.07) is 14.4. The zero-order valence-electron chi connectivity index (χ0n) is 15.8. The SMILES string of the molecule is O=c1c2cccc(S(=O)(=O)N3CCCNCC3)c2c(Cl)cn1Cc1ccccc1. The summed E-state index contributed by atoms with van der Waals surface area (Å²) in [7, 11) is -3.76. The first-order chi connectivity index (χ1) is 14.0. The van der Waals surface area contributed by atoms with E-state index in [1.54, 1.807) is 12.1 Å². The van der Waals surface area contributed by atoms with Gasteiger partial charge in [-0.3, -0.25) is 4.79 Å². The highest BCUT2D eigenvalue weighted by Crippen LogP contribution is 2.30. The molecule has 0 aliphatic carbocycles. The van der Waals surface area contributed by atoms with Gasteiger partial charge in [0.1, 0.15) is 0 Å². The first kappa shape index (κ1) is 20.1. The summed E-state index contributed by atoms with van der Waals surface area (Å²) in [4.78, 5) is 13.2. The quantitative estimate of drug-likeness (QED) is 0.689. The van der Waals surface area contributed by atoms with Gasteiger partial charge in [0.2, 0.25) is 10.0 Å². The minimum atomic E-state index is -3.76. The van der Waals surface area contributed by atoms with E-state index in [1.165, 1.54) is 21.1 Å². The van der Waals surface area contributed by atoms with Crippen LogP contribution in [0.2, 0.25) is 5.02 Å². The van der Waals surface area contributed by atoms with E-state index in [2.05, 4.69) is 5.32 Å². The van der Waals surface area contributed by atoms with Gasteiger partial charge in [0, 0.05) is 31.2 Å². The molecule has 6 nitrogen and oxygen atoms in total. The number of rotatable bonds is 4. The van der Waals surface area contributed by atoms with E-state index in [0.717, 1.165) is 18.5 Å². The van der Waals surface area contributed by atoms with Crippen LogP contribution >= 0.6 is 11.6 Å². The van der Waals surface area contributed by atoms with Crippen molar-refractivity contribution in [2.24, 2.45) is 0 Å². The molecule has 8 heteroatoms. The fourth-order valence-electron chi connectivity index (χ4n) is 3.68. The first-order valence-corrected chi connectivity index (χ1v) is 11.4. The number of pyridine rings is 1. The molecule has 4 rings (SSSR count). The lowest BCUT2D eigenvalue weighted by Gasteiger charge is -2.21. The normalized spacial score (nSPS) is 16.0. The maximum atomic E-state index is 13.3. The monoisotopic (exact) mass is 431 g/mol. The van der Waals surface area contributed by atoms with Crippen LogP contribution in [0.4, 0.5) is 0 Å². The summed E-state index contributed by atoms with van der Waals surface area (Å²) >= 11 is 6.53. The minimum absolute atomic E-state index is 0.0888. The van der Waals surface area contributed by atoms with Crippen LogP contribution < -0.4 is 10.9 Å². The van der Waals surface area contributed by atoms with Gasteiger partial charge in [-0.1, -0.05) is 48.0 Å². The minimum Gasteiger partial charge on any atom is -0.315 e. The number of nitrogens with one attached hydrogen (secondary N) is 1. The van der Waals surface area contributed by atoms with Gasteiger partial charge in [-0.05, 0) is 30.7 Å². The third-order valence-electron chi connectivity index (χ3n) is 5.14. The van der Waals surface area contributed by atoms with Crippen molar-refractivity contribution in [1.82, 2.24) is 14.2 Å². The summed E-state index contributed by atoms with van der Waals surface area (Å²) in [6.07, 6.45) is 2.27. The lowest BCUT2D eigenvalue weighted by Crippen LogP contribution is -2.34. The van der Waals surface area contributed by atoms with Crippen LogP contribution in [0.15, 0.2) is 64.4 Å². The van der Waals surface area contributed by atoms with Crippen molar-refractivity contribution in [2.75, 3.05) is 26.2 Å². The largest absolute Gasteiger partial charge is 0.315 e. The number of hydrogen-bond donors (Lipinski definition) is 1. The Morgan fingerprint density at radius 1 is 1.00 bits per heavy atom. The predicted octanol–water partition coefficient (Wildman–Crippen LogP) is 2.69. The summed E-state index contributed by atoms with van der Waals surface area (Å²) in [5.41, 5.74) is 0.702. The molecule has 0 amide bonds. The molecule has 2 heterocycles. The molecule has 0 radical (unpaired) electrons. The van der Waals surface area contributed by atoms with Crippen LogP contribution in [0, 0.1) is 0 Å². The highest BCUT2D eigenvalue weighted by Gasteiger charge is 2.28. The van der Waals surface area contributed by atoms with Crippen molar-refractivity contribution in [2.45, 2.75) is 17.9 Å². The topological polar surface area (TPSA) is 71.4 Å². The molecule has 1 aromatic heterocycles. The third kappa shape index (κ3) is 3.96. The molecular weight excluding hydrogens is 410 g/mol. The Balaban J connectivity index is 1.83. The first-order valence-electron chi connectivity index (χ1n) is 9.55. The van der Waals surface area contributed by atoms with Crippen molar-refractivity contribution in [3.05, 3.63) is 75.7 Å². The van der Waals surface area contributed by atoms with Crippen LogP contribution in [0.1, 0.15) is 12.0 Å². The Labute approximate surface area is 174 Å². The Morgan fingerprint density at radius 2 is 1.79 bits per heavy atom. The van der Waals surface area contributed by atoms with E-state index in [0.29, 0.717) is 37.0 Å². The molecule has 1 aliphatic heterocycles. The fraction of sp³-hybridized carbons (Fsp3) is 0.286. The second-order valence-corrected chi connectivity index (χ2v) is 9.40. The summed E-state index contributed by atoms with van der Waals surface area (Å²) in [6.45, 7) is 2.58. The van der Waals surface area contributed by atoms with Crippen molar-refractivity contribution in [1.29, 1.82) is 0 Å². The van der Waals surface area contributed by atoms with Crippen LogP contribution in [-0.4, -0.2) is 43.5 Å². The number of hydrogen-bond acceptors (Lipinski definition) is 4. The smallest absolute Gasteiger partial charge is 0.258 e. The number of aromatic nitrogens is 1. The second-order valence-electron chi connectivity index (χ2n) is 7.08. The highest BCUT2D eigenvalue weighted by molar-refractivity contribution is 7.89. The van der Waals surface area contributed by atoms with Crippen LogP contribution in [0.25, 0.3) is 10.8 Å². The van der Waals surface area contributed by atoms with E-state index in [9.17, 15) is 13.2 Å². The third-order valence-corrected chi connectivity index (χ3v) is 7.37. The van der Waals surface area contributed by atoms with Gasteiger partial charge in [0.15, 0.2) is 0 Å². The van der Waals surface area contributed by atoms with E-state index < -0.39 is 10.0 Å². The van der Waals surface area contributed by atoms with E-state index in [1.807, 2.05) is 30.3 Å². The lowest BCUT2D eigenvalue weighted by molar-refractivity contribution is 0.432. The average Bonchev–Trinajstić information content (AvgIpc) is 3.02. The average molecular weight is 432 g/mol. The van der Waals surface area contributed by atoms with Crippen molar-refractivity contribution < 1.29 is 8.42 Å². The fourth-order valence-corrected chi connectivity index (χ4v) is 5.77. The molecule has 0 atom stereocenters. The van der Waals surface area contributed by atoms with Gasteiger partial charge in [0.05, 0.1) is 21.8 Å². The predicted molar refractivity (Wildman–Crippen MR) is 115 cm³/mol. The zero-order valence-corrected chi connectivity index (χ0v) is 17.4. The molecule has 29 heavy (non-hydrogen) atoms. The molecule has 2 aromatic carbocycles. The molecule has 1 saturated heterocycles. The molecule has 0 saturated carbocycles. The molecule has 1 N–H and O–H groups in total. The number of benzene rings is 2. The van der Waals surface area contributed by atoms with E-state index in [-0.39, 0.29) is 15.5 Å². The van der Waals surface area contributed by atoms with Gasteiger partial charge in [0.25, 0.3) is 5.56 Å².